The fourth-order valence-corrected chi connectivity index (χ4v) is 1.72. The number of nitro groups is 1. The van der Waals surface area contributed by atoms with Gasteiger partial charge >= 0.3 is 5.69 Å². The number of halogens is 1. The number of hydrogen-bond acceptors (Lipinski definition) is 2. The fraction of sp³-hybridized carbons (Fsp3) is 0.0769. The molecule has 0 saturated carbocycles. The summed E-state index contributed by atoms with van der Waals surface area (Å²) in [5.74, 6) is -0.813. The van der Waals surface area contributed by atoms with Crippen molar-refractivity contribution in [2.24, 2.45) is 0 Å². The zero-order chi connectivity index (χ0) is 12.4. The van der Waals surface area contributed by atoms with E-state index in [2.05, 4.69) is 0 Å². The van der Waals surface area contributed by atoms with Crippen LogP contribution in [0.5, 0.6) is 0 Å². The first-order valence-corrected chi connectivity index (χ1v) is 5.09. The van der Waals surface area contributed by atoms with E-state index in [1.807, 2.05) is 31.2 Å². The van der Waals surface area contributed by atoms with E-state index < -0.39 is 16.4 Å². The van der Waals surface area contributed by atoms with Crippen molar-refractivity contribution in [1.29, 1.82) is 0 Å². The number of hydrogen-bond donors (Lipinski definition) is 0. The van der Waals surface area contributed by atoms with Crippen LogP contribution in [0.1, 0.15) is 5.56 Å². The molecule has 4 heteroatoms. The van der Waals surface area contributed by atoms with Crippen LogP contribution in [-0.4, -0.2) is 4.92 Å². The Kier molecular flexibility index (Phi) is 2.87. The quantitative estimate of drug-likeness (QED) is 0.584. The Hall–Kier alpha value is -2.23. The van der Waals surface area contributed by atoms with Gasteiger partial charge in [0.1, 0.15) is 0 Å². The van der Waals surface area contributed by atoms with Crippen molar-refractivity contribution in [2.75, 3.05) is 0 Å². The molecule has 0 aliphatic rings. The summed E-state index contributed by atoms with van der Waals surface area (Å²) in [5, 5.41) is 10.7. The lowest BCUT2D eigenvalue weighted by atomic mass is 10.0. The molecule has 2 aromatic carbocycles. The van der Waals surface area contributed by atoms with Crippen LogP contribution in [0.2, 0.25) is 0 Å². The lowest BCUT2D eigenvalue weighted by Gasteiger charge is -2.05. The molecule has 0 unspecified atom stereocenters. The Labute approximate surface area is 97.7 Å². The fourth-order valence-electron chi connectivity index (χ4n) is 1.72. The molecule has 0 aliphatic heterocycles. The van der Waals surface area contributed by atoms with Gasteiger partial charge in [-0.2, -0.15) is 4.39 Å². The maximum atomic E-state index is 13.2. The molecular formula is C13H10FNO2. The molecule has 0 aromatic heterocycles. The molecule has 0 bridgehead atoms. The van der Waals surface area contributed by atoms with Gasteiger partial charge in [-0.05, 0) is 29.7 Å². The lowest BCUT2D eigenvalue weighted by molar-refractivity contribution is -0.387. The molecule has 0 spiro atoms. The summed E-state index contributed by atoms with van der Waals surface area (Å²) in [7, 11) is 0. The minimum atomic E-state index is -0.813. The summed E-state index contributed by atoms with van der Waals surface area (Å²) in [5.41, 5.74) is 2.02. The maximum Gasteiger partial charge on any atom is 0.305 e. The van der Waals surface area contributed by atoms with E-state index in [-0.39, 0.29) is 0 Å². The van der Waals surface area contributed by atoms with Gasteiger partial charge in [0, 0.05) is 6.07 Å². The zero-order valence-corrected chi connectivity index (χ0v) is 9.18. The summed E-state index contributed by atoms with van der Waals surface area (Å²) >= 11 is 0. The standard InChI is InChI=1S/C13H10FNO2/c1-9-4-2-3-5-11(9)10-6-7-12(14)13(8-10)15(16)17/h2-8H,1H3. The van der Waals surface area contributed by atoms with E-state index in [1.165, 1.54) is 6.07 Å². The second-order valence-electron chi connectivity index (χ2n) is 3.74. The average Bonchev–Trinajstić information content (AvgIpc) is 2.30. The molecule has 0 saturated heterocycles. The second-order valence-corrected chi connectivity index (χ2v) is 3.74. The van der Waals surface area contributed by atoms with Gasteiger partial charge in [-0.1, -0.05) is 30.3 Å². The smallest absolute Gasteiger partial charge is 0.258 e. The van der Waals surface area contributed by atoms with Gasteiger partial charge in [0.05, 0.1) is 4.92 Å². The van der Waals surface area contributed by atoms with Crippen molar-refractivity contribution in [2.45, 2.75) is 6.92 Å². The summed E-state index contributed by atoms with van der Waals surface area (Å²) in [4.78, 5) is 9.94. The first-order chi connectivity index (χ1) is 8.09. The molecule has 0 N–H and O–H groups in total. The highest BCUT2D eigenvalue weighted by atomic mass is 19.1. The molecule has 2 aromatic rings. The number of nitro benzene ring substituents is 1. The minimum Gasteiger partial charge on any atom is -0.258 e. The van der Waals surface area contributed by atoms with Crippen molar-refractivity contribution in [1.82, 2.24) is 0 Å². The van der Waals surface area contributed by atoms with Crippen LogP contribution < -0.4 is 0 Å². The van der Waals surface area contributed by atoms with Crippen molar-refractivity contribution >= 4 is 5.69 Å². The van der Waals surface area contributed by atoms with E-state index in [1.54, 1.807) is 6.07 Å². The van der Waals surface area contributed by atoms with Gasteiger partial charge in [-0.3, -0.25) is 10.1 Å². The molecule has 2 rings (SSSR count). The Balaban J connectivity index is 2.58. The van der Waals surface area contributed by atoms with E-state index >= 15 is 0 Å². The van der Waals surface area contributed by atoms with Crippen LogP contribution in [0.15, 0.2) is 42.5 Å². The highest BCUT2D eigenvalue weighted by molar-refractivity contribution is 5.69. The van der Waals surface area contributed by atoms with Crippen molar-refractivity contribution < 1.29 is 9.31 Å². The molecule has 0 atom stereocenters. The monoisotopic (exact) mass is 231 g/mol. The summed E-state index contributed by atoms with van der Waals surface area (Å²) in [6.45, 7) is 1.91. The number of benzene rings is 2. The number of aryl methyl sites for hydroxylation is 1. The van der Waals surface area contributed by atoms with Crippen LogP contribution in [0.4, 0.5) is 10.1 Å². The predicted octanol–water partition coefficient (Wildman–Crippen LogP) is 3.71. The lowest BCUT2D eigenvalue weighted by Crippen LogP contribution is -1.93. The van der Waals surface area contributed by atoms with Gasteiger partial charge < -0.3 is 0 Å². The van der Waals surface area contributed by atoms with E-state index in [9.17, 15) is 14.5 Å². The van der Waals surface area contributed by atoms with Gasteiger partial charge in [0.15, 0.2) is 0 Å². The van der Waals surface area contributed by atoms with Gasteiger partial charge in [0.2, 0.25) is 5.82 Å². The van der Waals surface area contributed by atoms with Crippen LogP contribution in [0.3, 0.4) is 0 Å². The Morgan fingerprint density at radius 1 is 1.18 bits per heavy atom. The van der Waals surface area contributed by atoms with Crippen LogP contribution in [-0.2, 0) is 0 Å². The molecule has 0 radical (unpaired) electrons. The molecule has 0 aliphatic carbocycles. The first-order valence-electron chi connectivity index (χ1n) is 5.09. The van der Waals surface area contributed by atoms with Gasteiger partial charge in [-0.15, -0.1) is 0 Å². The van der Waals surface area contributed by atoms with E-state index in [4.69, 9.17) is 0 Å². The van der Waals surface area contributed by atoms with Crippen molar-refractivity contribution in [3.05, 3.63) is 64.0 Å². The van der Waals surface area contributed by atoms with Crippen LogP contribution in [0.25, 0.3) is 11.1 Å². The van der Waals surface area contributed by atoms with E-state index in [0.29, 0.717) is 5.56 Å². The molecule has 0 fully saturated rings. The summed E-state index contributed by atoms with van der Waals surface area (Å²) in [6.07, 6.45) is 0. The predicted molar refractivity (Wildman–Crippen MR) is 63.2 cm³/mol. The number of nitrogens with zero attached hydrogens (tertiary/aromatic N) is 1. The molecule has 0 amide bonds. The normalized spacial score (nSPS) is 10.2. The Morgan fingerprint density at radius 2 is 1.88 bits per heavy atom. The largest absolute Gasteiger partial charge is 0.305 e. The van der Waals surface area contributed by atoms with Crippen LogP contribution >= 0.6 is 0 Å². The summed E-state index contributed by atoms with van der Waals surface area (Å²) in [6, 6.07) is 11.4. The Bertz CT molecular complexity index is 581. The third-order valence-corrected chi connectivity index (χ3v) is 2.60. The van der Waals surface area contributed by atoms with E-state index in [0.717, 1.165) is 17.2 Å². The third kappa shape index (κ3) is 2.15. The molecule has 3 nitrogen and oxygen atoms in total. The summed E-state index contributed by atoms with van der Waals surface area (Å²) < 4.78 is 13.2. The SMILES string of the molecule is Cc1ccccc1-c1ccc(F)c([N+](=O)[O-])c1. The van der Waals surface area contributed by atoms with Crippen molar-refractivity contribution in [3.63, 3.8) is 0 Å². The Morgan fingerprint density at radius 3 is 2.53 bits per heavy atom. The average molecular weight is 231 g/mol. The first kappa shape index (κ1) is 11.3. The second kappa shape index (κ2) is 4.33. The maximum absolute atomic E-state index is 13.2. The molecule has 17 heavy (non-hydrogen) atoms. The zero-order valence-electron chi connectivity index (χ0n) is 9.18. The van der Waals surface area contributed by atoms with Crippen molar-refractivity contribution in [3.8, 4) is 11.1 Å². The topological polar surface area (TPSA) is 43.1 Å². The highest BCUT2D eigenvalue weighted by Crippen LogP contribution is 2.28. The van der Waals surface area contributed by atoms with Crippen LogP contribution in [0, 0.1) is 22.9 Å². The molecule has 0 heterocycles. The highest BCUT2D eigenvalue weighted by Gasteiger charge is 2.15. The number of rotatable bonds is 2. The minimum absolute atomic E-state index is 0.495. The molecule has 86 valence electrons. The molecular weight excluding hydrogens is 221 g/mol. The third-order valence-electron chi connectivity index (χ3n) is 2.60. The van der Waals surface area contributed by atoms with Gasteiger partial charge in [-0.25, -0.2) is 0 Å². The van der Waals surface area contributed by atoms with Gasteiger partial charge in [0.25, 0.3) is 0 Å².